The number of nitrogens with zero attached hydrogens (tertiary/aromatic N) is 3. The molecular weight excluding hydrogens is 190 g/mol. The second kappa shape index (κ2) is 2.95. The average molecular weight is 205 g/mol. The molecule has 2 aromatic heterocycles. The van der Waals surface area contributed by atoms with Gasteiger partial charge in [-0.25, -0.2) is 9.48 Å². The fourth-order valence-electron chi connectivity index (χ4n) is 1.51. The van der Waals surface area contributed by atoms with Gasteiger partial charge < -0.3 is 0 Å². The highest BCUT2D eigenvalue weighted by molar-refractivity contribution is 5.39. The molecule has 0 aliphatic rings. The van der Waals surface area contributed by atoms with Gasteiger partial charge >= 0.3 is 5.69 Å². The summed E-state index contributed by atoms with van der Waals surface area (Å²) < 4.78 is 3.08. The van der Waals surface area contributed by atoms with Gasteiger partial charge in [-0.3, -0.25) is 4.40 Å². The molecule has 0 aromatic carbocycles. The lowest BCUT2D eigenvalue weighted by Crippen LogP contribution is -2.34. The lowest BCUT2D eigenvalue weighted by atomic mass is 10.1. The van der Waals surface area contributed by atoms with Crippen molar-refractivity contribution in [3.05, 3.63) is 34.4 Å². The zero-order valence-corrected chi connectivity index (χ0v) is 9.48. The molecular formula is C11H15N3O. The molecule has 0 aliphatic carbocycles. The van der Waals surface area contributed by atoms with Crippen molar-refractivity contribution in [1.29, 1.82) is 0 Å². The first-order valence-corrected chi connectivity index (χ1v) is 4.98. The van der Waals surface area contributed by atoms with Crippen LogP contribution >= 0.6 is 0 Å². The van der Waals surface area contributed by atoms with Gasteiger partial charge in [0.2, 0.25) is 0 Å². The third-order valence-electron chi connectivity index (χ3n) is 2.32. The molecule has 2 rings (SSSR count). The Bertz CT molecular complexity index is 557. The highest BCUT2D eigenvalue weighted by Crippen LogP contribution is 2.10. The molecule has 0 atom stereocenters. The van der Waals surface area contributed by atoms with Crippen LogP contribution in [0.5, 0.6) is 0 Å². The minimum atomic E-state index is -0.281. The maximum atomic E-state index is 11.9. The van der Waals surface area contributed by atoms with Crippen molar-refractivity contribution in [3.8, 4) is 0 Å². The van der Waals surface area contributed by atoms with Crippen molar-refractivity contribution < 1.29 is 0 Å². The summed E-state index contributed by atoms with van der Waals surface area (Å²) in [6.07, 6.45) is 1.77. The molecule has 0 fully saturated rings. The fourth-order valence-corrected chi connectivity index (χ4v) is 1.51. The van der Waals surface area contributed by atoms with E-state index >= 15 is 0 Å². The van der Waals surface area contributed by atoms with E-state index in [1.54, 1.807) is 10.6 Å². The Hall–Kier alpha value is -1.58. The van der Waals surface area contributed by atoms with Crippen molar-refractivity contribution in [2.45, 2.75) is 33.2 Å². The summed E-state index contributed by atoms with van der Waals surface area (Å²) in [5, 5.41) is 4.31. The third-order valence-corrected chi connectivity index (χ3v) is 2.32. The third kappa shape index (κ3) is 1.56. The van der Waals surface area contributed by atoms with Crippen LogP contribution in [0.15, 0.2) is 23.1 Å². The van der Waals surface area contributed by atoms with E-state index in [0.717, 1.165) is 5.56 Å². The summed E-state index contributed by atoms with van der Waals surface area (Å²) in [5.74, 6) is 0. The van der Waals surface area contributed by atoms with E-state index in [1.165, 1.54) is 4.68 Å². The van der Waals surface area contributed by atoms with Gasteiger partial charge in [-0.15, -0.1) is 5.10 Å². The quantitative estimate of drug-likeness (QED) is 0.654. The highest BCUT2D eigenvalue weighted by Gasteiger charge is 2.19. The van der Waals surface area contributed by atoms with Crippen molar-refractivity contribution in [2.75, 3.05) is 0 Å². The molecule has 0 saturated heterocycles. The first-order chi connectivity index (χ1) is 6.89. The second-order valence-corrected chi connectivity index (χ2v) is 4.80. The molecule has 0 N–H and O–H groups in total. The minimum Gasteiger partial charge on any atom is -0.250 e. The first-order valence-electron chi connectivity index (χ1n) is 4.98. The molecule has 0 aliphatic heterocycles. The van der Waals surface area contributed by atoms with E-state index in [4.69, 9.17) is 0 Å². The molecule has 4 nitrogen and oxygen atoms in total. The molecule has 0 unspecified atom stereocenters. The molecule has 0 amide bonds. The Morgan fingerprint density at radius 3 is 2.60 bits per heavy atom. The Morgan fingerprint density at radius 2 is 2.00 bits per heavy atom. The van der Waals surface area contributed by atoms with Gasteiger partial charge in [0, 0.05) is 6.20 Å². The second-order valence-electron chi connectivity index (χ2n) is 4.80. The van der Waals surface area contributed by atoms with Crippen molar-refractivity contribution in [2.24, 2.45) is 0 Å². The van der Waals surface area contributed by atoms with E-state index in [2.05, 4.69) is 5.10 Å². The molecule has 0 spiro atoms. The molecule has 15 heavy (non-hydrogen) atoms. The number of rotatable bonds is 0. The highest BCUT2D eigenvalue weighted by atomic mass is 16.2. The average Bonchev–Trinajstić information content (AvgIpc) is 2.42. The van der Waals surface area contributed by atoms with E-state index in [-0.39, 0.29) is 11.2 Å². The predicted octanol–water partition coefficient (Wildman–Crippen LogP) is 1.56. The van der Waals surface area contributed by atoms with Gasteiger partial charge in [0.1, 0.15) is 0 Å². The molecule has 0 saturated carbocycles. The molecule has 80 valence electrons. The number of aryl methyl sites for hydroxylation is 1. The standard InChI is InChI=1S/C11H15N3O/c1-8-5-6-13-9(7-8)12-14(10(13)15)11(2,3)4/h5-7H,1-4H3. The summed E-state index contributed by atoms with van der Waals surface area (Å²) >= 11 is 0. The summed E-state index contributed by atoms with van der Waals surface area (Å²) in [5.41, 5.74) is 1.44. The Balaban J connectivity index is 2.81. The van der Waals surface area contributed by atoms with Crippen LogP contribution in [0.25, 0.3) is 5.65 Å². The number of hydrogen-bond acceptors (Lipinski definition) is 2. The number of aromatic nitrogens is 3. The first kappa shape index (κ1) is 9.96. The predicted molar refractivity (Wildman–Crippen MR) is 59.2 cm³/mol. The van der Waals surface area contributed by atoms with Gasteiger partial charge in [0.05, 0.1) is 5.54 Å². The summed E-state index contributed by atoms with van der Waals surface area (Å²) in [6.45, 7) is 7.88. The van der Waals surface area contributed by atoms with E-state index in [9.17, 15) is 4.79 Å². The fraction of sp³-hybridized carbons (Fsp3) is 0.455. The SMILES string of the molecule is Cc1ccn2c(=O)n(C(C)(C)C)nc2c1. The van der Waals surface area contributed by atoms with E-state index in [0.29, 0.717) is 5.65 Å². The smallest absolute Gasteiger partial charge is 0.250 e. The topological polar surface area (TPSA) is 39.3 Å². The van der Waals surface area contributed by atoms with Crippen LogP contribution in [0, 0.1) is 6.92 Å². The summed E-state index contributed by atoms with van der Waals surface area (Å²) in [6, 6.07) is 3.81. The van der Waals surface area contributed by atoms with Crippen LogP contribution < -0.4 is 5.69 Å². The number of hydrogen-bond donors (Lipinski definition) is 0. The van der Waals surface area contributed by atoms with Crippen molar-refractivity contribution in [1.82, 2.24) is 14.2 Å². The lowest BCUT2D eigenvalue weighted by molar-refractivity contribution is 0.344. The van der Waals surface area contributed by atoms with E-state index in [1.807, 2.05) is 39.8 Å². The van der Waals surface area contributed by atoms with Crippen molar-refractivity contribution in [3.63, 3.8) is 0 Å². The Labute approximate surface area is 88.2 Å². The van der Waals surface area contributed by atoms with Gasteiger partial charge in [-0.1, -0.05) is 0 Å². The largest absolute Gasteiger partial charge is 0.350 e. The van der Waals surface area contributed by atoms with Gasteiger partial charge in [-0.2, -0.15) is 0 Å². The number of pyridine rings is 1. The zero-order valence-electron chi connectivity index (χ0n) is 9.48. The number of fused-ring (bicyclic) bond motifs is 1. The molecule has 4 heteroatoms. The maximum absolute atomic E-state index is 11.9. The Kier molecular flexibility index (Phi) is 1.96. The molecule has 0 radical (unpaired) electrons. The van der Waals surface area contributed by atoms with E-state index < -0.39 is 0 Å². The van der Waals surface area contributed by atoms with Gasteiger partial charge in [0.15, 0.2) is 5.65 Å². The molecule has 0 bridgehead atoms. The van der Waals surface area contributed by atoms with Crippen LogP contribution in [0.2, 0.25) is 0 Å². The lowest BCUT2D eigenvalue weighted by Gasteiger charge is -2.16. The van der Waals surface area contributed by atoms with Gasteiger partial charge in [-0.05, 0) is 45.4 Å². The van der Waals surface area contributed by atoms with Crippen LogP contribution in [0.3, 0.4) is 0 Å². The van der Waals surface area contributed by atoms with Crippen molar-refractivity contribution >= 4 is 5.65 Å². The van der Waals surface area contributed by atoms with Crippen LogP contribution in [-0.2, 0) is 5.54 Å². The van der Waals surface area contributed by atoms with Crippen LogP contribution in [0.1, 0.15) is 26.3 Å². The Morgan fingerprint density at radius 1 is 1.33 bits per heavy atom. The normalized spacial score (nSPS) is 12.3. The molecule has 2 aromatic rings. The van der Waals surface area contributed by atoms with Crippen LogP contribution in [-0.4, -0.2) is 14.2 Å². The monoisotopic (exact) mass is 205 g/mol. The minimum absolute atomic E-state index is 0.0856. The molecule has 2 heterocycles. The summed E-state index contributed by atoms with van der Waals surface area (Å²) in [4.78, 5) is 11.9. The van der Waals surface area contributed by atoms with Crippen LogP contribution in [0.4, 0.5) is 0 Å². The maximum Gasteiger partial charge on any atom is 0.350 e. The zero-order chi connectivity index (χ0) is 11.2. The summed E-state index contributed by atoms with van der Waals surface area (Å²) in [7, 11) is 0. The van der Waals surface area contributed by atoms with Gasteiger partial charge in [0.25, 0.3) is 0 Å².